The average Bonchev–Trinajstić information content (AvgIpc) is 2.96. The van der Waals surface area contributed by atoms with Crippen molar-refractivity contribution in [3.8, 4) is 11.5 Å². The zero-order chi connectivity index (χ0) is 21.7. The van der Waals surface area contributed by atoms with Crippen LogP contribution in [0.1, 0.15) is 18.1 Å². The molecule has 1 fully saturated rings. The molecule has 156 valence electrons. The van der Waals surface area contributed by atoms with Crippen LogP contribution < -0.4 is 9.47 Å². The van der Waals surface area contributed by atoms with Gasteiger partial charge in [-0.1, -0.05) is 29.8 Å². The van der Waals surface area contributed by atoms with Gasteiger partial charge in [0.25, 0.3) is 11.1 Å². The number of carboxylic acids is 1. The molecule has 1 saturated heterocycles. The van der Waals surface area contributed by atoms with E-state index in [2.05, 4.69) is 0 Å². The number of hydrogen-bond acceptors (Lipinski definition) is 6. The molecule has 9 heteroatoms. The maximum absolute atomic E-state index is 12.7. The molecule has 1 heterocycles. The second-order valence-corrected chi connectivity index (χ2v) is 7.65. The Labute approximate surface area is 182 Å². The van der Waals surface area contributed by atoms with Crippen molar-refractivity contribution >= 4 is 46.6 Å². The SMILES string of the molecule is CCOc1cc(/C=C2/SC(=O)N(Cc3ccc(Cl)cc3)C2=O)ccc1OCC(=O)O. The molecule has 2 aromatic rings. The van der Waals surface area contributed by atoms with E-state index in [1.165, 1.54) is 4.90 Å². The van der Waals surface area contributed by atoms with Gasteiger partial charge in [0.1, 0.15) is 0 Å². The van der Waals surface area contributed by atoms with Crippen molar-refractivity contribution in [3.05, 3.63) is 63.5 Å². The maximum atomic E-state index is 12.7. The maximum Gasteiger partial charge on any atom is 0.341 e. The molecule has 0 spiro atoms. The van der Waals surface area contributed by atoms with Crippen molar-refractivity contribution < 1.29 is 29.0 Å². The summed E-state index contributed by atoms with van der Waals surface area (Å²) in [6, 6.07) is 11.8. The Morgan fingerprint density at radius 3 is 2.53 bits per heavy atom. The van der Waals surface area contributed by atoms with E-state index in [0.29, 0.717) is 22.9 Å². The lowest BCUT2D eigenvalue weighted by molar-refractivity contribution is -0.139. The summed E-state index contributed by atoms with van der Waals surface area (Å²) in [5.41, 5.74) is 1.42. The van der Waals surface area contributed by atoms with Gasteiger partial charge < -0.3 is 14.6 Å². The summed E-state index contributed by atoms with van der Waals surface area (Å²) in [7, 11) is 0. The van der Waals surface area contributed by atoms with E-state index in [1.54, 1.807) is 55.5 Å². The summed E-state index contributed by atoms with van der Waals surface area (Å²) in [5.74, 6) is -0.847. The predicted octanol–water partition coefficient (Wildman–Crippen LogP) is 4.44. The second-order valence-electron chi connectivity index (χ2n) is 6.22. The van der Waals surface area contributed by atoms with E-state index < -0.39 is 12.6 Å². The molecule has 3 rings (SSSR count). The van der Waals surface area contributed by atoms with Crippen LogP contribution >= 0.6 is 23.4 Å². The normalized spacial score (nSPS) is 15.0. The number of rotatable bonds is 8. The minimum Gasteiger partial charge on any atom is -0.490 e. The number of thioether (sulfide) groups is 1. The van der Waals surface area contributed by atoms with Crippen LogP contribution in [-0.4, -0.2) is 40.3 Å². The van der Waals surface area contributed by atoms with Crippen molar-refractivity contribution in [2.24, 2.45) is 0 Å². The first-order valence-electron chi connectivity index (χ1n) is 8.98. The molecule has 2 amide bonds. The fourth-order valence-electron chi connectivity index (χ4n) is 2.70. The number of carbonyl (C=O) groups is 3. The number of nitrogens with zero attached hydrogens (tertiary/aromatic N) is 1. The Morgan fingerprint density at radius 2 is 1.87 bits per heavy atom. The van der Waals surface area contributed by atoms with Gasteiger partial charge in [-0.05, 0) is 60.2 Å². The summed E-state index contributed by atoms with van der Waals surface area (Å²) in [4.78, 5) is 37.2. The third-order valence-corrected chi connectivity index (χ3v) is 5.20. The molecular weight excluding hydrogens is 430 g/mol. The number of benzene rings is 2. The van der Waals surface area contributed by atoms with E-state index in [9.17, 15) is 14.4 Å². The number of imide groups is 1. The molecule has 1 aliphatic rings. The van der Waals surface area contributed by atoms with Gasteiger partial charge in [0.05, 0.1) is 18.1 Å². The zero-order valence-electron chi connectivity index (χ0n) is 16.0. The lowest BCUT2D eigenvalue weighted by Gasteiger charge is -2.12. The molecule has 1 aliphatic heterocycles. The first-order chi connectivity index (χ1) is 14.4. The number of aliphatic carboxylic acids is 1. The van der Waals surface area contributed by atoms with Crippen molar-refractivity contribution in [3.63, 3.8) is 0 Å². The second kappa shape index (κ2) is 9.69. The third-order valence-electron chi connectivity index (χ3n) is 4.04. The zero-order valence-corrected chi connectivity index (χ0v) is 17.5. The number of ether oxygens (including phenoxy) is 2. The van der Waals surface area contributed by atoms with Gasteiger partial charge in [0.2, 0.25) is 0 Å². The minimum absolute atomic E-state index is 0.158. The van der Waals surface area contributed by atoms with Gasteiger partial charge in [-0.3, -0.25) is 14.5 Å². The molecule has 0 radical (unpaired) electrons. The van der Waals surface area contributed by atoms with Gasteiger partial charge in [-0.15, -0.1) is 0 Å². The smallest absolute Gasteiger partial charge is 0.341 e. The highest BCUT2D eigenvalue weighted by Crippen LogP contribution is 2.35. The highest BCUT2D eigenvalue weighted by molar-refractivity contribution is 8.18. The number of hydrogen-bond donors (Lipinski definition) is 1. The Balaban J connectivity index is 1.79. The number of carboxylic acid groups (broad SMARTS) is 1. The summed E-state index contributed by atoms with van der Waals surface area (Å²) in [6.07, 6.45) is 1.59. The number of amides is 2. The van der Waals surface area contributed by atoms with Crippen LogP contribution in [0.15, 0.2) is 47.4 Å². The van der Waals surface area contributed by atoms with E-state index in [-0.39, 0.29) is 28.3 Å². The van der Waals surface area contributed by atoms with Crippen LogP contribution in [0, 0.1) is 0 Å². The lowest BCUT2D eigenvalue weighted by Crippen LogP contribution is -2.27. The van der Waals surface area contributed by atoms with Crippen molar-refractivity contribution in [1.29, 1.82) is 0 Å². The molecule has 2 aromatic carbocycles. The number of halogens is 1. The minimum atomic E-state index is -1.10. The summed E-state index contributed by atoms with van der Waals surface area (Å²) in [6.45, 7) is 1.80. The number of carbonyl (C=O) groups excluding carboxylic acids is 2. The average molecular weight is 448 g/mol. The molecule has 0 aliphatic carbocycles. The van der Waals surface area contributed by atoms with Gasteiger partial charge in [-0.2, -0.15) is 0 Å². The molecule has 0 unspecified atom stereocenters. The first kappa shape index (κ1) is 21.7. The molecule has 0 aromatic heterocycles. The van der Waals surface area contributed by atoms with Crippen molar-refractivity contribution in [2.45, 2.75) is 13.5 Å². The van der Waals surface area contributed by atoms with Crippen LogP contribution in [0.2, 0.25) is 5.02 Å². The van der Waals surface area contributed by atoms with E-state index >= 15 is 0 Å². The molecule has 0 atom stereocenters. The standard InChI is InChI=1S/C21H18ClNO6S/c1-2-28-17-9-14(5-8-16(17)29-12-19(24)25)10-18-20(26)23(21(27)30-18)11-13-3-6-15(22)7-4-13/h3-10H,2,11-12H2,1H3,(H,24,25)/b18-10+. The van der Waals surface area contributed by atoms with Crippen LogP contribution in [-0.2, 0) is 16.1 Å². The fourth-order valence-corrected chi connectivity index (χ4v) is 3.67. The Hall–Kier alpha value is -2.97. The van der Waals surface area contributed by atoms with Gasteiger partial charge in [0.15, 0.2) is 18.1 Å². The van der Waals surface area contributed by atoms with Crippen LogP contribution in [0.4, 0.5) is 4.79 Å². The summed E-state index contributed by atoms with van der Waals surface area (Å²) >= 11 is 6.73. The fraction of sp³-hybridized carbons (Fsp3) is 0.190. The molecule has 30 heavy (non-hydrogen) atoms. The Bertz CT molecular complexity index is 1010. The van der Waals surface area contributed by atoms with E-state index in [1.807, 2.05) is 0 Å². The van der Waals surface area contributed by atoms with Crippen LogP contribution in [0.3, 0.4) is 0 Å². The summed E-state index contributed by atoms with van der Waals surface area (Å²) in [5, 5.41) is 9.00. The highest BCUT2D eigenvalue weighted by atomic mass is 35.5. The molecule has 0 bridgehead atoms. The van der Waals surface area contributed by atoms with E-state index in [4.69, 9.17) is 26.2 Å². The third kappa shape index (κ3) is 5.34. The lowest BCUT2D eigenvalue weighted by atomic mass is 10.1. The van der Waals surface area contributed by atoms with E-state index in [0.717, 1.165) is 17.3 Å². The van der Waals surface area contributed by atoms with Crippen molar-refractivity contribution in [1.82, 2.24) is 4.90 Å². The Kier molecular flexibility index (Phi) is 7.02. The quantitative estimate of drug-likeness (QED) is 0.598. The molecule has 7 nitrogen and oxygen atoms in total. The monoisotopic (exact) mass is 447 g/mol. The molecule has 1 N–H and O–H groups in total. The van der Waals surface area contributed by atoms with Crippen molar-refractivity contribution in [2.75, 3.05) is 13.2 Å². The largest absolute Gasteiger partial charge is 0.490 e. The first-order valence-corrected chi connectivity index (χ1v) is 10.2. The molecular formula is C21H18ClNO6S. The highest BCUT2D eigenvalue weighted by Gasteiger charge is 2.35. The van der Waals surface area contributed by atoms with Gasteiger partial charge in [0, 0.05) is 5.02 Å². The Morgan fingerprint density at radius 1 is 1.13 bits per heavy atom. The summed E-state index contributed by atoms with van der Waals surface area (Å²) < 4.78 is 10.7. The predicted molar refractivity (Wildman–Crippen MR) is 114 cm³/mol. The van der Waals surface area contributed by atoms with Crippen LogP contribution in [0.5, 0.6) is 11.5 Å². The van der Waals surface area contributed by atoms with Gasteiger partial charge >= 0.3 is 5.97 Å². The van der Waals surface area contributed by atoms with Gasteiger partial charge in [-0.25, -0.2) is 4.79 Å². The molecule has 0 saturated carbocycles. The topological polar surface area (TPSA) is 93.1 Å². The van der Waals surface area contributed by atoms with Crippen LogP contribution in [0.25, 0.3) is 6.08 Å².